The summed E-state index contributed by atoms with van der Waals surface area (Å²) in [4.78, 5) is 33.4. The summed E-state index contributed by atoms with van der Waals surface area (Å²) in [7, 11) is 0. The number of fused-ring (bicyclic) bond motifs is 10. The van der Waals surface area contributed by atoms with Gasteiger partial charge in [-0.25, -0.2) is 9.59 Å². The largest absolute Gasteiger partial charge is 0.335 e. The molecule has 10 rings (SSSR count). The van der Waals surface area contributed by atoms with E-state index in [2.05, 4.69) is 79.6 Å². The molecule has 4 N–H and O–H groups in total. The summed E-state index contributed by atoms with van der Waals surface area (Å²) >= 11 is 0. The molecule has 4 aromatic carbocycles. The maximum absolute atomic E-state index is 13.9. The molecule has 4 aromatic rings. The molecular weight excluding hydrogens is 741 g/mol. The number of hydrogen-bond donors (Lipinski definition) is 4. The molecule has 0 aromatic heterocycles. The Labute approximate surface area is 357 Å². The third-order valence-corrected chi connectivity index (χ3v) is 15.6. The van der Waals surface area contributed by atoms with Gasteiger partial charge in [0.25, 0.3) is 0 Å². The van der Waals surface area contributed by atoms with Crippen LogP contribution in [0.4, 0.5) is 9.59 Å². The summed E-state index contributed by atoms with van der Waals surface area (Å²) in [5, 5.41) is 13.4. The Hall–Kier alpha value is -4.66. The molecule has 6 atom stereocenters. The van der Waals surface area contributed by atoms with E-state index in [9.17, 15) is 9.59 Å². The number of carbonyl (C=O) groups is 2. The van der Waals surface area contributed by atoms with Gasteiger partial charge >= 0.3 is 12.1 Å². The molecule has 0 radical (unpaired) electrons. The Kier molecular flexibility index (Phi) is 11.7. The van der Waals surface area contributed by atoms with E-state index < -0.39 is 12.1 Å². The number of amides is 4. The van der Waals surface area contributed by atoms with Crippen molar-refractivity contribution in [1.29, 1.82) is 0 Å². The summed E-state index contributed by atoms with van der Waals surface area (Å²) in [6, 6.07) is 39.8. The minimum atomic E-state index is -0.460. The van der Waals surface area contributed by atoms with Gasteiger partial charge in [-0.05, 0) is 148 Å². The Morgan fingerprint density at radius 3 is 1.08 bits per heavy atom. The Bertz CT molecular complexity index is 1870. The van der Waals surface area contributed by atoms with Gasteiger partial charge in [-0.15, -0.1) is 0 Å². The van der Waals surface area contributed by atoms with Crippen molar-refractivity contribution in [3.63, 3.8) is 0 Å². The lowest BCUT2D eigenvalue weighted by Gasteiger charge is -2.34. The fourth-order valence-corrected chi connectivity index (χ4v) is 12.6. The van der Waals surface area contributed by atoms with Crippen molar-refractivity contribution >= 4 is 12.1 Å². The van der Waals surface area contributed by atoms with Crippen LogP contribution in [0.25, 0.3) is 0 Å². The summed E-state index contributed by atoms with van der Waals surface area (Å²) in [6.07, 6.45) is 16.2. The van der Waals surface area contributed by atoms with Crippen LogP contribution in [0.1, 0.15) is 160 Å². The van der Waals surface area contributed by atoms with E-state index in [1.54, 1.807) is 22.3 Å². The molecule has 4 bridgehead atoms. The highest BCUT2D eigenvalue weighted by Crippen LogP contribution is 2.54. The first-order chi connectivity index (χ1) is 29.6. The summed E-state index contributed by atoms with van der Waals surface area (Å²) in [5.74, 6) is 1.41. The number of rotatable bonds is 13. The van der Waals surface area contributed by atoms with Gasteiger partial charge in [-0.3, -0.25) is 9.80 Å². The second kappa shape index (κ2) is 17.7. The number of benzene rings is 4. The van der Waals surface area contributed by atoms with Crippen LogP contribution in [0.15, 0.2) is 109 Å². The van der Waals surface area contributed by atoms with Crippen molar-refractivity contribution in [1.82, 2.24) is 31.1 Å². The molecule has 4 unspecified atom stereocenters. The smallest absolute Gasteiger partial charge is 0.315 e. The van der Waals surface area contributed by atoms with E-state index in [-0.39, 0.29) is 24.1 Å². The van der Waals surface area contributed by atoms with Crippen molar-refractivity contribution in [2.45, 2.75) is 138 Å². The van der Waals surface area contributed by atoms with Gasteiger partial charge in [-0.1, -0.05) is 109 Å². The zero-order chi connectivity index (χ0) is 40.4. The van der Waals surface area contributed by atoms with Crippen LogP contribution in [0.5, 0.6) is 0 Å². The second-order valence-electron chi connectivity index (χ2n) is 19.0. The first-order valence-corrected chi connectivity index (χ1v) is 23.5. The Balaban J connectivity index is 0.719. The lowest BCUT2D eigenvalue weighted by Crippen LogP contribution is -2.50. The monoisotopic (exact) mass is 805 g/mol. The SMILES string of the molecule is O=C(NC1CCC(CCN2C3CCC2c2ccccc23)CC1)N[C@H](c1ccccc1)[C@@H](NC(=O)NC1CCC(CCN2C3CCC2c2ccccc23)CC1)c1ccccc1. The fraction of sp³-hybridized carbons (Fsp3) is 0.500. The van der Waals surface area contributed by atoms with E-state index in [1.807, 2.05) is 60.7 Å². The Morgan fingerprint density at radius 1 is 0.433 bits per heavy atom. The zero-order valence-corrected chi connectivity index (χ0v) is 35.2. The molecule has 314 valence electrons. The molecule has 6 aliphatic rings. The summed E-state index contributed by atoms with van der Waals surface area (Å²) < 4.78 is 0. The number of nitrogens with one attached hydrogen (secondary N) is 4. The third-order valence-electron chi connectivity index (χ3n) is 15.6. The van der Waals surface area contributed by atoms with Crippen molar-refractivity contribution in [2.24, 2.45) is 11.8 Å². The lowest BCUT2D eigenvalue weighted by molar-refractivity contribution is 0.183. The molecule has 4 fully saturated rings. The maximum atomic E-state index is 13.9. The topological polar surface area (TPSA) is 88.7 Å². The van der Waals surface area contributed by atoms with Crippen molar-refractivity contribution in [3.8, 4) is 0 Å². The quantitative estimate of drug-likeness (QED) is 0.108. The van der Waals surface area contributed by atoms with Gasteiger partial charge < -0.3 is 21.3 Å². The van der Waals surface area contributed by atoms with Crippen LogP contribution in [0.3, 0.4) is 0 Å². The van der Waals surface area contributed by atoms with Gasteiger partial charge in [-0.2, -0.15) is 0 Å². The predicted molar refractivity (Wildman–Crippen MR) is 238 cm³/mol. The van der Waals surface area contributed by atoms with Gasteiger partial charge in [0.05, 0.1) is 12.1 Å². The van der Waals surface area contributed by atoms with Crippen LogP contribution < -0.4 is 21.3 Å². The lowest BCUT2D eigenvalue weighted by atomic mass is 9.84. The number of carbonyl (C=O) groups excluding carboxylic acids is 2. The average molecular weight is 805 g/mol. The highest BCUT2D eigenvalue weighted by molar-refractivity contribution is 5.77. The molecule has 4 amide bonds. The van der Waals surface area contributed by atoms with E-state index in [0.29, 0.717) is 36.0 Å². The standard InChI is InChI=1S/C52H64N6O2/c59-51(53-39-23-19-35(20-24-39)31-33-57-45-27-28-46(57)42-16-8-7-15-41(42)45)55-49(37-11-3-1-4-12-37)50(38-13-5-2-6-14-38)56-52(60)54-40-25-21-36(22-26-40)32-34-58-47-29-30-48(58)44-18-10-9-17-43(44)47/h1-18,35-36,39-40,45-50H,19-34H2,(H2,53,55,59)(H2,54,56,60)/t35?,36?,39?,40?,45?,46?,47?,48?,49-,50+. The first kappa shape index (κ1) is 39.5. The summed E-state index contributed by atoms with van der Waals surface area (Å²) in [6.45, 7) is 2.34. The van der Waals surface area contributed by atoms with Gasteiger partial charge in [0.2, 0.25) is 0 Å². The van der Waals surface area contributed by atoms with Crippen molar-refractivity contribution in [2.75, 3.05) is 13.1 Å². The number of hydrogen-bond acceptors (Lipinski definition) is 4. The predicted octanol–water partition coefficient (Wildman–Crippen LogP) is 10.7. The van der Waals surface area contributed by atoms with Crippen molar-refractivity contribution < 1.29 is 9.59 Å². The van der Waals surface area contributed by atoms with Gasteiger partial charge in [0.15, 0.2) is 0 Å². The number of urea groups is 2. The highest BCUT2D eigenvalue weighted by Gasteiger charge is 2.44. The molecule has 2 saturated heterocycles. The molecule has 0 spiro atoms. The highest BCUT2D eigenvalue weighted by atomic mass is 16.2. The van der Waals surface area contributed by atoms with E-state index in [1.165, 1.54) is 51.6 Å². The van der Waals surface area contributed by atoms with E-state index >= 15 is 0 Å². The Morgan fingerprint density at radius 2 is 0.750 bits per heavy atom. The van der Waals surface area contributed by atoms with Crippen LogP contribution in [0.2, 0.25) is 0 Å². The van der Waals surface area contributed by atoms with E-state index in [4.69, 9.17) is 0 Å². The minimum absolute atomic E-state index is 0.147. The average Bonchev–Trinajstić information content (AvgIpc) is 4.06. The molecular formula is C52H64N6O2. The molecule has 2 saturated carbocycles. The minimum Gasteiger partial charge on any atom is -0.335 e. The molecule has 2 aliphatic carbocycles. The second-order valence-corrected chi connectivity index (χ2v) is 19.0. The molecule has 4 aliphatic heterocycles. The third kappa shape index (κ3) is 8.22. The zero-order valence-electron chi connectivity index (χ0n) is 35.2. The number of nitrogens with zero attached hydrogens (tertiary/aromatic N) is 2. The van der Waals surface area contributed by atoms with Gasteiger partial charge in [0.1, 0.15) is 0 Å². The first-order valence-electron chi connectivity index (χ1n) is 23.5. The van der Waals surface area contributed by atoms with Crippen LogP contribution >= 0.6 is 0 Å². The van der Waals surface area contributed by atoms with Gasteiger partial charge in [0, 0.05) is 36.3 Å². The molecule has 8 heteroatoms. The molecule has 60 heavy (non-hydrogen) atoms. The van der Waals surface area contributed by atoms with Crippen LogP contribution in [0, 0.1) is 11.8 Å². The maximum Gasteiger partial charge on any atom is 0.315 e. The fourth-order valence-electron chi connectivity index (χ4n) is 12.6. The normalized spacial score (nSPS) is 29.0. The molecule has 4 heterocycles. The molecule has 8 nitrogen and oxygen atoms in total. The van der Waals surface area contributed by atoms with Crippen molar-refractivity contribution in [3.05, 3.63) is 143 Å². The summed E-state index contributed by atoms with van der Waals surface area (Å²) in [5.41, 5.74) is 8.16. The van der Waals surface area contributed by atoms with E-state index in [0.717, 1.165) is 62.5 Å². The van der Waals surface area contributed by atoms with Crippen LogP contribution in [-0.2, 0) is 0 Å². The van der Waals surface area contributed by atoms with Crippen LogP contribution in [-0.4, -0.2) is 47.0 Å².